The van der Waals surface area contributed by atoms with Gasteiger partial charge in [0.25, 0.3) is 0 Å². The van der Waals surface area contributed by atoms with Crippen LogP contribution in [0.4, 0.5) is 0 Å². The Hall–Kier alpha value is -0.0400. The summed E-state index contributed by atoms with van der Waals surface area (Å²) < 4.78 is 0. The zero-order chi connectivity index (χ0) is 5.54. The standard InChI is InChI=1S/C6H9Br/c1-2-3-4-5-6-7/h3-6H,2H2,1H3/b4-3-,6-5-. The molecule has 0 aliphatic carbocycles. The Kier molecular flexibility index (Phi) is 5.93. The molecule has 1 heteroatoms. The van der Waals surface area contributed by atoms with E-state index in [1.165, 1.54) is 0 Å². The number of halogens is 1. The van der Waals surface area contributed by atoms with Crippen molar-refractivity contribution in [2.45, 2.75) is 13.3 Å². The lowest BCUT2D eigenvalue weighted by Crippen LogP contribution is -1.47. The Bertz CT molecular complexity index is 72.2. The van der Waals surface area contributed by atoms with Crippen molar-refractivity contribution in [2.75, 3.05) is 0 Å². The molecule has 0 aromatic rings. The second-order valence-electron chi connectivity index (χ2n) is 1.15. The molecule has 0 atom stereocenters. The van der Waals surface area contributed by atoms with Crippen LogP contribution >= 0.6 is 15.9 Å². The predicted octanol–water partition coefficient (Wildman–Crippen LogP) is 2.86. The Morgan fingerprint density at radius 3 is 2.57 bits per heavy atom. The van der Waals surface area contributed by atoms with Crippen molar-refractivity contribution >= 4 is 15.9 Å². The molecule has 40 valence electrons. The van der Waals surface area contributed by atoms with Crippen LogP contribution in [-0.4, -0.2) is 0 Å². The normalized spacial score (nSPS) is 11.7. The zero-order valence-corrected chi connectivity index (χ0v) is 5.98. The highest BCUT2D eigenvalue weighted by molar-refractivity contribution is 9.11. The number of hydrogen-bond acceptors (Lipinski definition) is 0. The molecule has 0 fully saturated rings. The van der Waals surface area contributed by atoms with Gasteiger partial charge in [0, 0.05) is 0 Å². The molecule has 7 heavy (non-hydrogen) atoms. The summed E-state index contributed by atoms with van der Waals surface area (Å²) in [6, 6.07) is 0. The molecule has 0 heterocycles. The first-order chi connectivity index (χ1) is 3.41. The quantitative estimate of drug-likeness (QED) is 0.546. The van der Waals surface area contributed by atoms with Gasteiger partial charge in [-0.05, 0) is 11.4 Å². The molecule has 0 unspecified atom stereocenters. The van der Waals surface area contributed by atoms with Crippen molar-refractivity contribution in [2.24, 2.45) is 0 Å². The molecule has 0 aromatic heterocycles. The first-order valence-electron chi connectivity index (χ1n) is 2.33. The van der Waals surface area contributed by atoms with Gasteiger partial charge in [-0.2, -0.15) is 0 Å². The molecule has 0 saturated carbocycles. The minimum Gasteiger partial charge on any atom is -0.0848 e. The summed E-state index contributed by atoms with van der Waals surface area (Å²) in [5.41, 5.74) is 0. The van der Waals surface area contributed by atoms with Gasteiger partial charge in [-0.15, -0.1) is 0 Å². The number of allylic oxidation sites excluding steroid dienone is 3. The first kappa shape index (κ1) is 6.96. The minimum atomic E-state index is 1.11. The van der Waals surface area contributed by atoms with Gasteiger partial charge in [0.05, 0.1) is 0 Å². The van der Waals surface area contributed by atoms with Crippen molar-refractivity contribution in [3.05, 3.63) is 23.2 Å². The highest BCUT2D eigenvalue weighted by atomic mass is 79.9. The fourth-order valence-electron chi connectivity index (χ4n) is 0.257. The number of hydrogen-bond donors (Lipinski definition) is 0. The maximum atomic E-state index is 3.15. The Morgan fingerprint density at radius 1 is 1.43 bits per heavy atom. The van der Waals surface area contributed by atoms with Crippen molar-refractivity contribution < 1.29 is 0 Å². The van der Waals surface area contributed by atoms with E-state index in [0.717, 1.165) is 6.42 Å². The fourth-order valence-corrected chi connectivity index (χ4v) is 0.433. The topological polar surface area (TPSA) is 0 Å². The van der Waals surface area contributed by atoms with E-state index in [1.54, 1.807) is 0 Å². The molecule has 0 nitrogen and oxygen atoms in total. The molecule has 0 rings (SSSR count). The van der Waals surface area contributed by atoms with Gasteiger partial charge < -0.3 is 0 Å². The summed E-state index contributed by atoms with van der Waals surface area (Å²) in [7, 11) is 0. The van der Waals surface area contributed by atoms with E-state index >= 15 is 0 Å². The van der Waals surface area contributed by atoms with E-state index in [1.807, 2.05) is 17.1 Å². The lowest BCUT2D eigenvalue weighted by atomic mass is 10.4. The molecule has 0 aliphatic rings. The predicted molar refractivity (Wildman–Crippen MR) is 37.5 cm³/mol. The van der Waals surface area contributed by atoms with Gasteiger partial charge in [-0.1, -0.05) is 41.1 Å². The lowest BCUT2D eigenvalue weighted by Gasteiger charge is -1.69. The summed E-state index contributed by atoms with van der Waals surface area (Å²) in [4.78, 5) is 1.83. The Morgan fingerprint density at radius 2 is 2.14 bits per heavy atom. The second-order valence-corrected chi connectivity index (χ2v) is 1.68. The maximum Gasteiger partial charge on any atom is -0.0189 e. The van der Waals surface area contributed by atoms with Crippen LogP contribution in [0.25, 0.3) is 0 Å². The summed E-state index contributed by atoms with van der Waals surface area (Å²) in [6.45, 7) is 2.11. The molecule has 0 saturated heterocycles. The number of rotatable bonds is 2. The van der Waals surface area contributed by atoms with Gasteiger partial charge in [0.1, 0.15) is 0 Å². The van der Waals surface area contributed by atoms with Crippen molar-refractivity contribution in [1.82, 2.24) is 0 Å². The van der Waals surface area contributed by atoms with Crippen LogP contribution in [0.5, 0.6) is 0 Å². The van der Waals surface area contributed by atoms with Crippen LogP contribution < -0.4 is 0 Å². The monoisotopic (exact) mass is 160 g/mol. The van der Waals surface area contributed by atoms with E-state index in [4.69, 9.17) is 0 Å². The average Bonchev–Trinajstić information content (AvgIpc) is 1.69. The van der Waals surface area contributed by atoms with E-state index in [0.29, 0.717) is 0 Å². The van der Waals surface area contributed by atoms with Crippen LogP contribution in [0.3, 0.4) is 0 Å². The van der Waals surface area contributed by atoms with Gasteiger partial charge in [0.2, 0.25) is 0 Å². The van der Waals surface area contributed by atoms with Crippen molar-refractivity contribution in [3.8, 4) is 0 Å². The largest absolute Gasteiger partial charge is 0.0848 e. The highest BCUT2D eigenvalue weighted by Crippen LogP contribution is 1.85. The van der Waals surface area contributed by atoms with Gasteiger partial charge in [0.15, 0.2) is 0 Å². The molecule has 0 spiro atoms. The van der Waals surface area contributed by atoms with E-state index < -0.39 is 0 Å². The fraction of sp³-hybridized carbons (Fsp3) is 0.333. The third kappa shape index (κ3) is 5.96. The van der Waals surface area contributed by atoms with Crippen LogP contribution in [0, 0.1) is 0 Å². The van der Waals surface area contributed by atoms with Gasteiger partial charge in [-0.3, -0.25) is 0 Å². The molecule has 0 N–H and O–H groups in total. The molecular weight excluding hydrogens is 152 g/mol. The summed E-state index contributed by atoms with van der Waals surface area (Å²) in [5.74, 6) is 0. The van der Waals surface area contributed by atoms with Gasteiger partial charge >= 0.3 is 0 Å². The van der Waals surface area contributed by atoms with E-state index in [9.17, 15) is 0 Å². The summed E-state index contributed by atoms with van der Waals surface area (Å²) in [5, 5.41) is 0. The van der Waals surface area contributed by atoms with E-state index in [2.05, 4.69) is 28.9 Å². The second kappa shape index (κ2) is 5.96. The third-order valence-electron chi connectivity index (χ3n) is 0.556. The first-order valence-corrected chi connectivity index (χ1v) is 3.25. The highest BCUT2D eigenvalue weighted by Gasteiger charge is 1.58. The summed E-state index contributed by atoms with van der Waals surface area (Å²) >= 11 is 3.15. The molecule has 0 amide bonds. The Balaban J connectivity index is 3.09. The minimum absolute atomic E-state index is 1.11. The van der Waals surface area contributed by atoms with E-state index in [-0.39, 0.29) is 0 Å². The summed E-state index contributed by atoms with van der Waals surface area (Å²) in [6.07, 6.45) is 7.16. The van der Waals surface area contributed by atoms with Crippen LogP contribution in [0.1, 0.15) is 13.3 Å². The molecule has 0 aromatic carbocycles. The van der Waals surface area contributed by atoms with Crippen LogP contribution in [-0.2, 0) is 0 Å². The van der Waals surface area contributed by atoms with Crippen LogP contribution in [0.15, 0.2) is 23.2 Å². The molecule has 0 bridgehead atoms. The van der Waals surface area contributed by atoms with Crippen molar-refractivity contribution in [1.29, 1.82) is 0 Å². The molecule has 0 aliphatic heterocycles. The van der Waals surface area contributed by atoms with Gasteiger partial charge in [-0.25, -0.2) is 0 Å². The SMILES string of the molecule is CC/C=C\C=C/Br. The van der Waals surface area contributed by atoms with Crippen LogP contribution in [0.2, 0.25) is 0 Å². The molecular formula is C6H9Br. The third-order valence-corrected chi connectivity index (χ3v) is 0.861. The lowest BCUT2D eigenvalue weighted by molar-refractivity contribution is 1.22. The maximum absolute atomic E-state index is 3.15. The molecule has 0 radical (unpaired) electrons. The van der Waals surface area contributed by atoms with Crippen molar-refractivity contribution in [3.63, 3.8) is 0 Å². The smallest absolute Gasteiger partial charge is 0.0189 e. The Labute approximate surface area is 53.1 Å². The zero-order valence-electron chi connectivity index (χ0n) is 4.39. The average molecular weight is 161 g/mol.